The zero-order chi connectivity index (χ0) is 19.3. The van der Waals surface area contributed by atoms with Gasteiger partial charge >= 0.3 is 0 Å². The lowest BCUT2D eigenvalue weighted by Crippen LogP contribution is -2.35. The molecule has 0 atom stereocenters. The molecular weight excluding hydrogens is 381 g/mol. The van der Waals surface area contributed by atoms with Crippen LogP contribution in [0.15, 0.2) is 42.5 Å². The number of amides is 2. The van der Waals surface area contributed by atoms with Gasteiger partial charge in [-0.15, -0.1) is 0 Å². The lowest BCUT2D eigenvalue weighted by atomic mass is 10.1. The van der Waals surface area contributed by atoms with Gasteiger partial charge in [0.2, 0.25) is 11.8 Å². The second-order valence-corrected chi connectivity index (χ2v) is 6.30. The molecule has 2 rings (SSSR count). The van der Waals surface area contributed by atoms with Gasteiger partial charge in [-0.3, -0.25) is 19.7 Å². The van der Waals surface area contributed by atoms with Crippen molar-refractivity contribution in [2.75, 3.05) is 18.9 Å². The van der Waals surface area contributed by atoms with Gasteiger partial charge in [0.25, 0.3) is 5.69 Å². The fourth-order valence-corrected chi connectivity index (χ4v) is 2.51. The van der Waals surface area contributed by atoms with Crippen molar-refractivity contribution in [1.82, 2.24) is 4.90 Å². The van der Waals surface area contributed by atoms with E-state index in [9.17, 15) is 19.7 Å². The van der Waals surface area contributed by atoms with Crippen LogP contribution < -0.4 is 5.32 Å². The molecule has 7 nitrogen and oxygen atoms in total. The highest BCUT2D eigenvalue weighted by molar-refractivity contribution is 6.42. The molecule has 2 aromatic rings. The number of carbonyl (C=O) groups excluding carboxylic acids is 2. The number of nitro groups is 1. The minimum Gasteiger partial charge on any atom is -0.336 e. The van der Waals surface area contributed by atoms with Gasteiger partial charge in [-0.1, -0.05) is 41.4 Å². The standard InChI is InChI=1S/C17H15Cl2N3O4/c1-21(10-16(23)20-12-6-7-13(18)14(19)9-12)17(24)8-11-4-2-3-5-15(11)22(25)26/h2-7,9H,8,10H2,1H3,(H,20,23). The summed E-state index contributed by atoms with van der Waals surface area (Å²) in [6, 6.07) is 10.6. The molecule has 0 bridgehead atoms. The molecule has 1 N–H and O–H groups in total. The molecule has 2 amide bonds. The zero-order valence-corrected chi connectivity index (χ0v) is 15.3. The fourth-order valence-electron chi connectivity index (χ4n) is 2.21. The number of carbonyl (C=O) groups is 2. The Morgan fingerprint density at radius 2 is 1.85 bits per heavy atom. The first-order chi connectivity index (χ1) is 12.3. The topological polar surface area (TPSA) is 92.6 Å². The van der Waals surface area contributed by atoms with Crippen LogP contribution in [0.25, 0.3) is 0 Å². The van der Waals surface area contributed by atoms with Crippen molar-refractivity contribution in [3.8, 4) is 0 Å². The minimum absolute atomic E-state index is 0.130. The molecule has 0 fully saturated rings. The Kier molecular flexibility index (Phi) is 6.54. The van der Waals surface area contributed by atoms with Gasteiger partial charge in [-0.25, -0.2) is 0 Å². The third-order valence-corrected chi connectivity index (χ3v) is 4.28. The van der Waals surface area contributed by atoms with Gasteiger partial charge in [0.15, 0.2) is 0 Å². The minimum atomic E-state index is -0.542. The third-order valence-electron chi connectivity index (χ3n) is 3.54. The van der Waals surface area contributed by atoms with E-state index in [-0.39, 0.29) is 18.7 Å². The average Bonchev–Trinajstić information content (AvgIpc) is 2.58. The van der Waals surface area contributed by atoms with Crippen LogP contribution in [0, 0.1) is 10.1 Å². The van der Waals surface area contributed by atoms with Crippen LogP contribution in [0.2, 0.25) is 10.0 Å². The van der Waals surface area contributed by atoms with Crippen molar-refractivity contribution in [2.24, 2.45) is 0 Å². The van der Waals surface area contributed by atoms with Crippen LogP contribution in [0.5, 0.6) is 0 Å². The van der Waals surface area contributed by atoms with Gasteiger partial charge in [-0.2, -0.15) is 0 Å². The number of nitro benzene ring substituents is 1. The van der Waals surface area contributed by atoms with E-state index in [1.807, 2.05) is 0 Å². The van der Waals surface area contributed by atoms with Gasteiger partial charge in [0.05, 0.1) is 27.9 Å². The number of halogens is 2. The Balaban J connectivity index is 1.97. The van der Waals surface area contributed by atoms with Crippen LogP contribution in [0.4, 0.5) is 11.4 Å². The molecule has 0 aliphatic carbocycles. The molecule has 0 radical (unpaired) electrons. The first-order valence-corrected chi connectivity index (χ1v) is 8.24. The van der Waals surface area contributed by atoms with Gasteiger partial charge in [-0.05, 0) is 18.2 Å². The van der Waals surface area contributed by atoms with Crippen molar-refractivity contribution in [3.05, 3.63) is 68.2 Å². The molecule has 9 heteroatoms. The van der Waals surface area contributed by atoms with E-state index in [1.54, 1.807) is 18.2 Å². The maximum Gasteiger partial charge on any atom is 0.273 e. The predicted molar refractivity (Wildman–Crippen MR) is 99.5 cm³/mol. The van der Waals surface area contributed by atoms with E-state index in [2.05, 4.69) is 5.32 Å². The molecule has 0 aromatic heterocycles. The molecule has 2 aromatic carbocycles. The first kappa shape index (κ1) is 19.7. The highest BCUT2D eigenvalue weighted by Crippen LogP contribution is 2.25. The van der Waals surface area contributed by atoms with Crippen LogP contribution >= 0.6 is 23.2 Å². The number of para-hydroxylation sites is 1. The molecule has 0 heterocycles. The number of likely N-dealkylation sites (N-methyl/N-ethyl adjacent to an activating group) is 1. The van der Waals surface area contributed by atoms with Crippen LogP contribution in [0.3, 0.4) is 0 Å². The first-order valence-electron chi connectivity index (χ1n) is 7.49. The van der Waals surface area contributed by atoms with Gasteiger partial charge in [0.1, 0.15) is 0 Å². The Labute approximate surface area is 159 Å². The Morgan fingerprint density at radius 3 is 2.50 bits per heavy atom. The van der Waals surface area contributed by atoms with E-state index in [4.69, 9.17) is 23.2 Å². The number of benzene rings is 2. The highest BCUT2D eigenvalue weighted by Gasteiger charge is 2.19. The summed E-state index contributed by atoms with van der Waals surface area (Å²) in [5.41, 5.74) is 0.609. The zero-order valence-electron chi connectivity index (χ0n) is 13.7. The third kappa shape index (κ3) is 5.18. The Bertz CT molecular complexity index is 858. The number of nitrogens with one attached hydrogen (secondary N) is 1. The van der Waals surface area contributed by atoms with E-state index in [0.717, 1.165) is 0 Å². The van der Waals surface area contributed by atoms with Crippen molar-refractivity contribution >= 4 is 46.4 Å². The normalized spacial score (nSPS) is 10.3. The molecular formula is C17H15Cl2N3O4. The molecule has 0 spiro atoms. The average molecular weight is 396 g/mol. The molecule has 0 aliphatic heterocycles. The second kappa shape index (κ2) is 8.64. The largest absolute Gasteiger partial charge is 0.336 e. The Hall–Kier alpha value is -2.64. The quantitative estimate of drug-likeness (QED) is 0.597. The van der Waals surface area contributed by atoms with Crippen LogP contribution in [-0.2, 0) is 16.0 Å². The molecule has 26 heavy (non-hydrogen) atoms. The summed E-state index contributed by atoms with van der Waals surface area (Å²) in [6.07, 6.45) is -0.173. The molecule has 0 saturated carbocycles. The fraction of sp³-hybridized carbons (Fsp3) is 0.176. The summed E-state index contributed by atoms with van der Waals surface area (Å²) >= 11 is 11.7. The number of rotatable bonds is 6. The van der Waals surface area contributed by atoms with Crippen molar-refractivity contribution in [2.45, 2.75) is 6.42 Å². The van der Waals surface area contributed by atoms with Crippen LogP contribution in [0.1, 0.15) is 5.56 Å². The summed E-state index contributed by atoms with van der Waals surface area (Å²) in [6.45, 7) is -0.209. The van der Waals surface area contributed by atoms with E-state index < -0.39 is 16.7 Å². The van der Waals surface area contributed by atoms with E-state index in [1.165, 1.54) is 36.2 Å². The van der Waals surface area contributed by atoms with Gasteiger partial charge < -0.3 is 10.2 Å². The van der Waals surface area contributed by atoms with Crippen molar-refractivity contribution in [1.29, 1.82) is 0 Å². The number of hydrogen-bond acceptors (Lipinski definition) is 4. The molecule has 136 valence electrons. The summed E-state index contributed by atoms with van der Waals surface area (Å²) in [7, 11) is 1.45. The van der Waals surface area contributed by atoms with Crippen molar-refractivity contribution < 1.29 is 14.5 Å². The molecule has 0 unspecified atom stereocenters. The SMILES string of the molecule is CN(CC(=O)Nc1ccc(Cl)c(Cl)c1)C(=O)Cc1ccccc1[N+](=O)[O-]. The summed E-state index contributed by atoms with van der Waals surface area (Å²) in [4.78, 5) is 36.0. The number of hydrogen-bond donors (Lipinski definition) is 1. The molecule has 0 saturated heterocycles. The van der Waals surface area contributed by atoms with Crippen molar-refractivity contribution in [3.63, 3.8) is 0 Å². The number of anilines is 1. The van der Waals surface area contributed by atoms with E-state index >= 15 is 0 Å². The Morgan fingerprint density at radius 1 is 1.15 bits per heavy atom. The second-order valence-electron chi connectivity index (χ2n) is 5.49. The lowest BCUT2D eigenvalue weighted by Gasteiger charge is -2.17. The lowest BCUT2D eigenvalue weighted by molar-refractivity contribution is -0.385. The maximum absolute atomic E-state index is 12.3. The summed E-state index contributed by atoms with van der Waals surface area (Å²) in [5, 5.41) is 14.3. The maximum atomic E-state index is 12.3. The highest BCUT2D eigenvalue weighted by atomic mass is 35.5. The number of nitrogens with zero attached hydrogens (tertiary/aromatic N) is 2. The van der Waals surface area contributed by atoms with Gasteiger partial charge in [0, 0.05) is 24.4 Å². The smallest absolute Gasteiger partial charge is 0.273 e. The van der Waals surface area contributed by atoms with Crippen LogP contribution in [-0.4, -0.2) is 35.2 Å². The predicted octanol–water partition coefficient (Wildman–Crippen LogP) is 3.54. The summed E-state index contributed by atoms with van der Waals surface area (Å²) in [5.74, 6) is -0.842. The monoisotopic (exact) mass is 395 g/mol. The van der Waals surface area contributed by atoms with E-state index in [0.29, 0.717) is 21.3 Å². The molecule has 0 aliphatic rings. The summed E-state index contributed by atoms with van der Waals surface area (Å²) < 4.78 is 0.